The Morgan fingerprint density at radius 1 is 1.36 bits per heavy atom. The normalized spacial score (nSPS) is 10.0. The van der Waals surface area contributed by atoms with Gasteiger partial charge in [0, 0.05) is 0 Å². The van der Waals surface area contributed by atoms with Gasteiger partial charge >= 0.3 is 14.3 Å². The molecule has 0 saturated carbocycles. The van der Waals surface area contributed by atoms with Crippen LogP contribution in [0.2, 0.25) is 0 Å². The topological polar surface area (TPSA) is 87.1 Å². The first-order valence-electron chi connectivity index (χ1n) is 2.58. The third kappa shape index (κ3) is 42.9. The Bertz CT molecular complexity index is 139. The molecule has 6 nitrogen and oxygen atoms in total. The number of nitrogens with zero attached hydrogens (tertiary/aromatic N) is 1. The second-order valence-electron chi connectivity index (χ2n) is 2.03. The van der Waals surface area contributed by atoms with Gasteiger partial charge in [-0.05, 0) is 21.1 Å². The quantitative estimate of drug-likeness (QED) is 0.442. The predicted octanol–water partition coefficient (Wildman–Crippen LogP) is -0.570. The lowest BCUT2D eigenvalue weighted by atomic mass is 11.0. The van der Waals surface area contributed by atoms with Crippen LogP contribution in [0.25, 0.3) is 0 Å². The van der Waals surface area contributed by atoms with Crippen LogP contribution in [0.5, 0.6) is 0 Å². The number of carbonyl (C=O) groups is 1. The van der Waals surface area contributed by atoms with Crippen LogP contribution in [0.1, 0.15) is 0 Å². The molecule has 0 spiro atoms. The molecule has 0 aliphatic heterocycles. The summed E-state index contributed by atoms with van der Waals surface area (Å²) in [5, 5.41) is 0. The summed E-state index contributed by atoms with van der Waals surface area (Å²) in [4.78, 5) is 26.5. The van der Waals surface area contributed by atoms with Gasteiger partial charge in [-0.1, -0.05) is 0 Å². The van der Waals surface area contributed by atoms with E-state index in [1.54, 1.807) is 0 Å². The molecule has 0 rings (SSSR count). The lowest BCUT2D eigenvalue weighted by Crippen LogP contribution is -1.99. The Kier molecular flexibility index (Phi) is 7.55. The van der Waals surface area contributed by atoms with E-state index in [1.165, 1.54) is 0 Å². The van der Waals surface area contributed by atoms with E-state index in [0.717, 1.165) is 0 Å². The van der Waals surface area contributed by atoms with Gasteiger partial charge in [0.1, 0.15) is 0 Å². The van der Waals surface area contributed by atoms with E-state index in [-0.39, 0.29) is 6.47 Å². The summed E-state index contributed by atoms with van der Waals surface area (Å²) in [6.07, 6.45) is 0. The molecule has 0 saturated heterocycles. The molecule has 0 heterocycles. The van der Waals surface area contributed by atoms with E-state index < -0.39 is 7.82 Å². The maximum absolute atomic E-state index is 9.47. The minimum absolute atomic E-state index is 0.305. The van der Waals surface area contributed by atoms with Crippen molar-refractivity contribution in [1.29, 1.82) is 0 Å². The van der Waals surface area contributed by atoms with E-state index in [0.29, 0.717) is 0 Å². The zero-order valence-electron chi connectivity index (χ0n) is 6.59. The lowest BCUT2D eigenvalue weighted by Gasteiger charge is -1.93. The average molecular weight is 185 g/mol. The van der Waals surface area contributed by atoms with Crippen LogP contribution in [-0.4, -0.2) is 42.3 Å². The Balaban J connectivity index is 0. The van der Waals surface area contributed by atoms with Gasteiger partial charge in [-0.3, -0.25) is 14.6 Å². The molecule has 0 fully saturated rings. The molecule has 68 valence electrons. The number of hydrogen-bond acceptors (Lipinski definition) is 4. The van der Waals surface area contributed by atoms with Gasteiger partial charge in [-0.15, -0.1) is 0 Å². The second kappa shape index (κ2) is 6.30. The molecule has 0 aromatic carbocycles. The van der Waals surface area contributed by atoms with Gasteiger partial charge in [-0.2, -0.15) is 0 Å². The second-order valence-corrected chi connectivity index (χ2v) is 3.23. The van der Waals surface area contributed by atoms with Gasteiger partial charge in [0.05, 0.1) is 0 Å². The molecule has 0 atom stereocenters. The van der Waals surface area contributed by atoms with Crippen LogP contribution < -0.4 is 0 Å². The summed E-state index contributed by atoms with van der Waals surface area (Å²) in [5.74, 6) is 0. The summed E-state index contributed by atoms with van der Waals surface area (Å²) in [7, 11) is 1.47. The summed E-state index contributed by atoms with van der Waals surface area (Å²) in [6.45, 7) is -0.305. The molecule has 2 N–H and O–H groups in total. The number of phosphoric ester groups is 1. The fraction of sp³-hybridized carbons (Fsp3) is 0.750. The van der Waals surface area contributed by atoms with Gasteiger partial charge in [0.2, 0.25) is 0 Å². The highest BCUT2D eigenvalue weighted by Crippen LogP contribution is 2.33. The van der Waals surface area contributed by atoms with Crippen molar-refractivity contribution in [3.8, 4) is 0 Å². The molecule has 0 aromatic rings. The van der Waals surface area contributed by atoms with Crippen LogP contribution in [0.15, 0.2) is 0 Å². The molecule has 0 aliphatic rings. The van der Waals surface area contributed by atoms with E-state index in [1.807, 2.05) is 26.0 Å². The zero-order chi connectivity index (χ0) is 9.49. The van der Waals surface area contributed by atoms with Crippen molar-refractivity contribution in [1.82, 2.24) is 4.90 Å². The van der Waals surface area contributed by atoms with Crippen LogP contribution in [0.4, 0.5) is 0 Å². The average Bonchev–Trinajstić information content (AvgIpc) is 1.58. The first-order valence-corrected chi connectivity index (χ1v) is 4.11. The SMILES string of the molecule is CN(C)C.O=COP(=O)(O)O. The number of rotatable bonds is 2. The monoisotopic (exact) mass is 185 g/mol. The largest absolute Gasteiger partial charge is 0.526 e. The third-order valence-corrected chi connectivity index (χ3v) is 0.541. The van der Waals surface area contributed by atoms with Crippen molar-refractivity contribution in [3.05, 3.63) is 0 Å². The molecule has 0 amide bonds. The van der Waals surface area contributed by atoms with Crippen LogP contribution in [0, 0.1) is 0 Å². The zero-order valence-corrected chi connectivity index (χ0v) is 7.49. The smallest absolute Gasteiger partial charge is 0.373 e. The maximum atomic E-state index is 9.47. The maximum Gasteiger partial charge on any atom is 0.526 e. The van der Waals surface area contributed by atoms with E-state index in [9.17, 15) is 4.57 Å². The molecule has 0 bridgehead atoms. The fourth-order valence-corrected chi connectivity index (χ4v) is 0.168. The van der Waals surface area contributed by atoms with E-state index >= 15 is 0 Å². The predicted molar refractivity (Wildman–Crippen MR) is 38.8 cm³/mol. The molecule has 11 heavy (non-hydrogen) atoms. The number of phosphoric acid groups is 1. The fourth-order valence-electron chi connectivity index (χ4n) is 0.0561. The summed E-state index contributed by atoms with van der Waals surface area (Å²) in [6, 6.07) is 0. The first-order chi connectivity index (χ1) is 4.79. The lowest BCUT2D eigenvalue weighted by molar-refractivity contribution is -0.121. The minimum Gasteiger partial charge on any atom is -0.373 e. The Morgan fingerprint density at radius 2 is 1.64 bits per heavy atom. The molecule has 0 aliphatic carbocycles. The molecule has 0 unspecified atom stereocenters. The number of hydrogen-bond donors (Lipinski definition) is 2. The van der Waals surface area contributed by atoms with Gasteiger partial charge in [0.25, 0.3) is 0 Å². The van der Waals surface area contributed by atoms with Crippen molar-refractivity contribution in [2.24, 2.45) is 0 Å². The van der Waals surface area contributed by atoms with E-state index in [2.05, 4.69) is 4.52 Å². The van der Waals surface area contributed by atoms with Crippen LogP contribution in [-0.2, 0) is 13.9 Å². The van der Waals surface area contributed by atoms with Crippen molar-refractivity contribution in [2.45, 2.75) is 0 Å². The van der Waals surface area contributed by atoms with Crippen LogP contribution in [0.3, 0.4) is 0 Å². The Morgan fingerprint density at radius 3 is 1.64 bits per heavy atom. The van der Waals surface area contributed by atoms with E-state index in [4.69, 9.17) is 14.6 Å². The van der Waals surface area contributed by atoms with Crippen LogP contribution >= 0.6 is 7.82 Å². The standard InChI is InChI=1S/C3H9N.CH3O5P/c1-4(2)3;2-1-6-7(3,4)5/h1-3H3;1H,(H2,3,4,5). The number of carbonyl (C=O) groups excluding carboxylic acids is 1. The summed E-state index contributed by atoms with van der Waals surface area (Å²) < 4.78 is 12.7. The first kappa shape index (κ1) is 13.2. The van der Waals surface area contributed by atoms with Crippen molar-refractivity contribution in [2.75, 3.05) is 21.1 Å². The van der Waals surface area contributed by atoms with Gasteiger partial charge in [0.15, 0.2) is 0 Å². The highest BCUT2D eigenvalue weighted by atomic mass is 31.2. The molecular weight excluding hydrogens is 173 g/mol. The van der Waals surface area contributed by atoms with Gasteiger partial charge < -0.3 is 9.42 Å². The minimum atomic E-state index is -4.53. The Hall–Kier alpha value is -0.420. The highest BCUT2D eigenvalue weighted by Gasteiger charge is 2.11. The molecule has 0 radical (unpaired) electrons. The van der Waals surface area contributed by atoms with Gasteiger partial charge in [-0.25, -0.2) is 4.57 Å². The molecular formula is C4H12NO5P. The molecule has 7 heteroatoms. The Labute approximate surface area is 65.0 Å². The molecule has 0 aromatic heterocycles. The summed E-state index contributed by atoms with van der Waals surface area (Å²) in [5.41, 5.74) is 0. The third-order valence-electron chi connectivity index (χ3n) is 0.180. The summed E-state index contributed by atoms with van der Waals surface area (Å²) >= 11 is 0. The van der Waals surface area contributed by atoms with Crippen molar-refractivity contribution >= 4 is 14.3 Å². The van der Waals surface area contributed by atoms with Crippen molar-refractivity contribution < 1.29 is 23.7 Å². The van der Waals surface area contributed by atoms with Crippen molar-refractivity contribution in [3.63, 3.8) is 0 Å². The highest BCUT2D eigenvalue weighted by molar-refractivity contribution is 7.46.